The third kappa shape index (κ3) is 4.02. The standard InChI is InChI=1S/C15H16BrFN2O/c1-2-12(18)5-10-6-13(9-19-8-10)20-15-4-3-11(16)7-14(15)17/h3-4,6-9,12H,2,5,18H2,1H3. The van der Waals surface area contributed by atoms with Gasteiger partial charge in [-0.25, -0.2) is 4.39 Å². The van der Waals surface area contributed by atoms with Gasteiger partial charge in [-0.2, -0.15) is 0 Å². The Morgan fingerprint density at radius 2 is 2.15 bits per heavy atom. The van der Waals surface area contributed by atoms with E-state index in [1.807, 2.05) is 13.0 Å². The van der Waals surface area contributed by atoms with Gasteiger partial charge in [-0.3, -0.25) is 4.98 Å². The predicted octanol–water partition coefficient (Wildman–Crippen LogP) is 4.06. The van der Waals surface area contributed by atoms with E-state index in [2.05, 4.69) is 20.9 Å². The van der Waals surface area contributed by atoms with Gasteiger partial charge in [0.15, 0.2) is 11.6 Å². The van der Waals surface area contributed by atoms with Crippen molar-refractivity contribution in [1.29, 1.82) is 0 Å². The summed E-state index contributed by atoms with van der Waals surface area (Å²) >= 11 is 3.21. The Balaban J connectivity index is 2.15. The third-order valence-electron chi connectivity index (χ3n) is 2.91. The highest BCUT2D eigenvalue weighted by Gasteiger charge is 2.07. The fourth-order valence-corrected chi connectivity index (χ4v) is 2.10. The summed E-state index contributed by atoms with van der Waals surface area (Å²) in [6.45, 7) is 2.04. The molecule has 1 aromatic carbocycles. The molecule has 5 heteroatoms. The Morgan fingerprint density at radius 3 is 2.85 bits per heavy atom. The molecule has 0 saturated carbocycles. The van der Waals surface area contributed by atoms with Gasteiger partial charge in [-0.15, -0.1) is 0 Å². The summed E-state index contributed by atoms with van der Waals surface area (Å²) in [5.41, 5.74) is 6.90. The number of rotatable bonds is 5. The first-order chi connectivity index (χ1) is 9.58. The maximum Gasteiger partial charge on any atom is 0.166 e. The molecule has 1 unspecified atom stereocenters. The quantitative estimate of drug-likeness (QED) is 0.894. The average molecular weight is 339 g/mol. The minimum atomic E-state index is -0.421. The molecular weight excluding hydrogens is 323 g/mol. The van der Waals surface area contributed by atoms with Gasteiger partial charge in [-0.05, 0) is 42.7 Å². The van der Waals surface area contributed by atoms with Crippen LogP contribution in [0.5, 0.6) is 11.5 Å². The van der Waals surface area contributed by atoms with E-state index in [1.54, 1.807) is 24.5 Å². The lowest BCUT2D eigenvalue weighted by Crippen LogP contribution is -2.21. The fraction of sp³-hybridized carbons (Fsp3) is 0.267. The molecule has 2 rings (SSSR count). The second-order valence-corrected chi connectivity index (χ2v) is 5.49. The number of benzene rings is 1. The Hall–Kier alpha value is -1.46. The van der Waals surface area contributed by atoms with Crippen LogP contribution >= 0.6 is 15.9 Å². The number of ether oxygens (including phenoxy) is 1. The molecule has 0 radical (unpaired) electrons. The van der Waals surface area contributed by atoms with Crippen molar-refractivity contribution in [3.63, 3.8) is 0 Å². The predicted molar refractivity (Wildman–Crippen MR) is 80.4 cm³/mol. The van der Waals surface area contributed by atoms with Gasteiger partial charge in [0.25, 0.3) is 0 Å². The molecule has 1 heterocycles. The monoisotopic (exact) mass is 338 g/mol. The number of pyridine rings is 1. The van der Waals surface area contributed by atoms with Crippen LogP contribution in [0.3, 0.4) is 0 Å². The van der Waals surface area contributed by atoms with Gasteiger partial charge in [0, 0.05) is 16.7 Å². The first-order valence-corrected chi connectivity index (χ1v) is 7.20. The van der Waals surface area contributed by atoms with Crippen LogP contribution < -0.4 is 10.5 Å². The number of nitrogens with two attached hydrogens (primary N) is 1. The SMILES string of the molecule is CCC(N)Cc1cncc(Oc2ccc(Br)cc2F)c1. The summed E-state index contributed by atoms with van der Waals surface area (Å²) in [5, 5.41) is 0. The molecule has 2 aromatic rings. The highest BCUT2D eigenvalue weighted by molar-refractivity contribution is 9.10. The van der Waals surface area contributed by atoms with Crippen molar-refractivity contribution in [3.8, 4) is 11.5 Å². The Bertz CT molecular complexity index is 592. The van der Waals surface area contributed by atoms with Crippen molar-refractivity contribution in [3.05, 3.63) is 52.5 Å². The van der Waals surface area contributed by atoms with E-state index in [1.165, 1.54) is 6.07 Å². The summed E-state index contributed by atoms with van der Waals surface area (Å²) in [7, 11) is 0. The Kier molecular flexibility index (Phi) is 5.09. The van der Waals surface area contributed by atoms with Crippen LogP contribution in [0, 0.1) is 5.82 Å². The van der Waals surface area contributed by atoms with Crippen LogP contribution in [0.4, 0.5) is 4.39 Å². The Labute approximate surface area is 126 Å². The van der Waals surface area contributed by atoms with Gasteiger partial charge < -0.3 is 10.5 Å². The summed E-state index contributed by atoms with van der Waals surface area (Å²) < 4.78 is 19.9. The molecule has 0 saturated heterocycles. The molecule has 106 valence electrons. The number of hydrogen-bond acceptors (Lipinski definition) is 3. The van der Waals surface area contributed by atoms with Crippen molar-refractivity contribution in [2.45, 2.75) is 25.8 Å². The van der Waals surface area contributed by atoms with E-state index in [9.17, 15) is 4.39 Å². The largest absolute Gasteiger partial charge is 0.453 e. The van der Waals surface area contributed by atoms with Gasteiger partial charge in [-0.1, -0.05) is 22.9 Å². The van der Waals surface area contributed by atoms with Crippen molar-refractivity contribution in [2.75, 3.05) is 0 Å². The van der Waals surface area contributed by atoms with E-state index < -0.39 is 5.82 Å². The van der Waals surface area contributed by atoms with Crippen molar-refractivity contribution in [2.24, 2.45) is 5.73 Å². The lowest BCUT2D eigenvalue weighted by atomic mass is 10.1. The molecule has 3 nitrogen and oxygen atoms in total. The normalized spacial score (nSPS) is 12.2. The summed E-state index contributed by atoms with van der Waals surface area (Å²) in [4.78, 5) is 4.10. The highest BCUT2D eigenvalue weighted by Crippen LogP contribution is 2.27. The molecular formula is C15H16BrFN2O. The molecule has 0 bridgehead atoms. The Morgan fingerprint density at radius 1 is 1.35 bits per heavy atom. The zero-order valence-corrected chi connectivity index (χ0v) is 12.7. The topological polar surface area (TPSA) is 48.1 Å². The summed E-state index contributed by atoms with van der Waals surface area (Å²) in [6, 6.07) is 6.59. The lowest BCUT2D eigenvalue weighted by Gasteiger charge is -2.10. The lowest BCUT2D eigenvalue weighted by molar-refractivity contribution is 0.439. The summed E-state index contributed by atoms with van der Waals surface area (Å²) in [6.07, 6.45) is 4.93. The number of halogens is 2. The van der Waals surface area contributed by atoms with Crippen LogP contribution in [0.25, 0.3) is 0 Å². The number of aromatic nitrogens is 1. The maximum absolute atomic E-state index is 13.7. The van der Waals surface area contributed by atoms with Gasteiger partial charge in [0.1, 0.15) is 5.75 Å². The smallest absolute Gasteiger partial charge is 0.166 e. The van der Waals surface area contributed by atoms with Crippen LogP contribution in [0.1, 0.15) is 18.9 Å². The van der Waals surface area contributed by atoms with E-state index in [0.717, 1.165) is 18.4 Å². The van der Waals surface area contributed by atoms with E-state index in [0.29, 0.717) is 10.2 Å². The molecule has 0 spiro atoms. The van der Waals surface area contributed by atoms with Crippen LogP contribution in [0.2, 0.25) is 0 Å². The molecule has 0 aliphatic rings. The van der Waals surface area contributed by atoms with Crippen LogP contribution in [-0.2, 0) is 6.42 Å². The minimum absolute atomic E-state index is 0.0940. The third-order valence-corrected chi connectivity index (χ3v) is 3.41. The molecule has 2 N–H and O–H groups in total. The van der Waals surface area contributed by atoms with Gasteiger partial charge in [0.05, 0.1) is 6.20 Å². The maximum atomic E-state index is 13.7. The number of nitrogens with zero attached hydrogens (tertiary/aromatic N) is 1. The second-order valence-electron chi connectivity index (χ2n) is 4.58. The molecule has 1 aromatic heterocycles. The van der Waals surface area contributed by atoms with Gasteiger partial charge >= 0.3 is 0 Å². The van der Waals surface area contributed by atoms with Crippen LogP contribution in [-0.4, -0.2) is 11.0 Å². The minimum Gasteiger partial charge on any atom is -0.453 e. The zero-order chi connectivity index (χ0) is 14.5. The van der Waals surface area contributed by atoms with E-state index in [-0.39, 0.29) is 11.8 Å². The van der Waals surface area contributed by atoms with Crippen molar-refractivity contribution in [1.82, 2.24) is 4.98 Å². The van der Waals surface area contributed by atoms with E-state index >= 15 is 0 Å². The molecule has 0 fully saturated rings. The molecule has 20 heavy (non-hydrogen) atoms. The summed E-state index contributed by atoms with van der Waals surface area (Å²) in [5.74, 6) is 0.258. The average Bonchev–Trinajstić information content (AvgIpc) is 2.42. The first kappa shape index (κ1) is 14.9. The van der Waals surface area contributed by atoms with Crippen molar-refractivity contribution >= 4 is 15.9 Å². The van der Waals surface area contributed by atoms with Crippen LogP contribution in [0.15, 0.2) is 41.1 Å². The molecule has 0 aliphatic carbocycles. The second kappa shape index (κ2) is 6.81. The highest BCUT2D eigenvalue weighted by atomic mass is 79.9. The van der Waals surface area contributed by atoms with Gasteiger partial charge in [0.2, 0.25) is 0 Å². The fourth-order valence-electron chi connectivity index (χ4n) is 1.76. The first-order valence-electron chi connectivity index (χ1n) is 6.41. The van der Waals surface area contributed by atoms with E-state index in [4.69, 9.17) is 10.5 Å². The number of hydrogen-bond donors (Lipinski definition) is 1. The molecule has 0 aliphatic heterocycles. The molecule has 0 amide bonds. The van der Waals surface area contributed by atoms with Crippen molar-refractivity contribution < 1.29 is 9.13 Å². The molecule has 1 atom stereocenters. The zero-order valence-electron chi connectivity index (χ0n) is 11.1.